The van der Waals surface area contributed by atoms with Gasteiger partial charge >= 0.3 is 5.97 Å². The highest BCUT2D eigenvalue weighted by Crippen LogP contribution is 2.36. The predicted octanol–water partition coefficient (Wildman–Crippen LogP) is -0.280. The molecule has 9 nitrogen and oxygen atoms in total. The van der Waals surface area contributed by atoms with Crippen molar-refractivity contribution in [2.24, 2.45) is 5.92 Å². The number of aromatic carboxylic acids is 1. The highest BCUT2D eigenvalue weighted by molar-refractivity contribution is 5.97. The van der Waals surface area contributed by atoms with Crippen LogP contribution in [-0.4, -0.2) is 64.0 Å². The van der Waals surface area contributed by atoms with Crippen molar-refractivity contribution in [1.29, 1.82) is 0 Å². The molecule has 1 aromatic rings. The van der Waals surface area contributed by atoms with Crippen LogP contribution < -0.4 is 5.43 Å². The number of aromatic nitrogens is 1. The summed E-state index contributed by atoms with van der Waals surface area (Å²) < 4.78 is 6.76. The van der Waals surface area contributed by atoms with Crippen molar-refractivity contribution in [3.05, 3.63) is 27.7 Å². The lowest BCUT2D eigenvalue weighted by Crippen LogP contribution is -2.54. The van der Waals surface area contributed by atoms with E-state index in [9.17, 15) is 19.5 Å². The first kappa shape index (κ1) is 15.5. The van der Waals surface area contributed by atoms with Crippen LogP contribution in [0.15, 0.2) is 11.0 Å². The van der Waals surface area contributed by atoms with Crippen LogP contribution in [-0.2, 0) is 4.74 Å². The summed E-state index contributed by atoms with van der Waals surface area (Å²) in [5, 5.41) is 22.2. The number of carboxylic acid groups (broad SMARTS) is 1. The Bertz CT molecular complexity index is 737. The number of fused-ring (bicyclic) bond motifs is 1. The van der Waals surface area contributed by atoms with E-state index in [1.807, 2.05) is 0 Å². The van der Waals surface area contributed by atoms with Crippen molar-refractivity contribution in [2.45, 2.75) is 12.6 Å². The van der Waals surface area contributed by atoms with Gasteiger partial charge in [-0.1, -0.05) is 0 Å². The van der Waals surface area contributed by atoms with Crippen LogP contribution >= 0.6 is 0 Å². The SMILES string of the molecule is CN1C(=O)c2c(O)c(=O)c(C(=O)O)cn2C(C2CCOC2)N1C. The van der Waals surface area contributed by atoms with Gasteiger partial charge < -0.3 is 19.5 Å². The first-order valence-electron chi connectivity index (χ1n) is 7.14. The van der Waals surface area contributed by atoms with Gasteiger partial charge in [-0.2, -0.15) is 5.01 Å². The van der Waals surface area contributed by atoms with E-state index in [1.54, 1.807) is 12.1 Å². The smallest absolute Gasteiger partial charge is 0.341 e. The highest BCUT2D eigenvalue weighted by atomic mass is 16.5. The van der Waals surface area contributed by atoms with Crippen LogP contribution in [0.4, 0.5) is 0 Å². The molecule has 23 heavy (non-hydrogen) atoms. The first-order chi connectivity index (χ1) is 10.8. The molecule has 1 aromatic heterocycles. The van der Waals surface area contributed by atoms with E-state index in [0.29, 0.717) is 13.2 Å². The zero-order valence-corrected chi connectivity index (χ0v) is 12.7. The maximum absolute atomic E-state index is 12.4. The van der Waals surface area contributed by atoms with E-state index in [0.717, 1.165) is 12.6 Å². The van der Waals surface area contributed by atoms with Gasteiger partial charge in [0.15, 0.2) is 11.4 Å². The van der Waals surface area contributed by atoms with Crippen molar-refractivity contribution in [2.75, 3.05) is 27.3 Å². The normalized spacial score (nSPS) is 24.8. The Kier molecular flexibility index (Phi) is 3.61. The van der Waals surface area contributed by atoms with Gasteiger partial charge in [0.1, 0.15) is 11.7 Å². The van der Waals surface area contributed by atoms with Crippen LogP contribution in [0.1, 0.15) is 33.4 Å². The van der Waals surface area contributed by atoms with Crippen molar-refractivity contribution in [3.8, 4) is 5.75 Å². The minimum Gasteiger partial charge on any atom is -0.503 e. The third kappa shape index (κ3) is 2.20. The second kappa shape index (κ2) is 5.36. The summed E-state index contributed by atoms with van der Waals surface area (Å²) in [5.74, 6) is -2.86. The Labute approximate surface area is 131 Å². The molecule has 0 aromatic carbocycles. The molecule has 2 atom stereocenters. The molecule has 9 heteroatoms. The molecule has 124 valence electrons. The fourth-order valence-electron chi connectivity index (χ4n) is 3.17. The topological polar surface area (TPSA) is 112 Å². The molecule has 1 fully saturated rings. The van der Waals surface area contributed by atoms with Gasteiger partial charge in [0.2, 0.25) is 5.43 Å². The molecule has 0 saturated carbocycles. The van der Waals surface area contributed by atoms with Crippen LogP contribution in [0, 0.1) is 5.92 Å². The van der Waals surface area contributed by atoms with Crippen molar-refractivity contribution in [3.63, 3.8) is 0 Å². The molecule has 0 bridgehead atoms. The van der Waals surface area contributed by atoms with E-state index in [-0.39, 0.29) is 11.6 Å². The average Bonchev–Trinajstić information content (AvgIpc) is 3.02. The number of hydrogen-bond donors (Lipinski definition) is 2. The Morgan fingerprint density at radius 1 is 1.35 bits per heavy atom. The Hall–Kier alpha value is -2.39. The fourth-order valence-corrected chi connectivity index (χ4v) is 3.17. The lowest BCUT2D eigenvalue weighted by Gasteiger charge is -2.44. The monoisotopic (exact) mass is 323 g/mol. The number of nitrogens with zero attached hydrogens (tertiary/aromatic N) is 3. The van der Waals surface area contributed by atoms with Gasteiger partial charge in [-0.3, -0.25) is 14.6 Å². The summed E-state index contributed by atoms with van der Waals surface area (Å²) in [4.78, 5) is 35.7. The number of hydrazine groups is 1. The van der Waals surface area contributed by atoms with Gasteiger partial charge in [-0.05, 0) is 6.42 Å². The minimum absolute atomic E-state index is 0.00199. The van der Waals surface area contributed by atoms with Gasteiger partial charge in [0.05, 0.1) is 6.61 Å². The summed E-state index contributed by atoms with van der Waals surface area (Å²) >= 11 is 0. The number of hydrogen-bond acceptors (Lipinski definition) is 6. The lowest BCUT2D eigenvalue weighted by atomic mass is 10.0. The molecule has 2 aliphatic rings. The zero-order chi connectivity index (χ0) is 16.9. The van der Waals surface area contributed by atoms with E-state index in [2.05, 4.69) is 0 Å². The van der Waals surface area contributed by atoms with Crippen LogP contribution in [0.25, 0.3) is 0 Å². The Balaban J connectivity index is 2.26. The molecular formula is C14H17N3O6. The quantitative estimate of drug-likeness (QED) is 0.769. The van der Waals surface area contributed by atoms with Gasteiger partial charge in [0, 0.05) is 32.8 Å². The molecule has 3 heterocycles. The van der Waals surface area contributed by atoms with Crippen molar-refractivity contribution in [1.82, 2.24) is 14.6 Å². The second-order valence-corrected chi connectivity index (χ2v) is 5.72. The number of carbonyl (C=O) groups excluding carboxylic acids is 1. The Morgan fingerprint density at radius 2 is 2.04 bits per heavy atom. The highest BCUT2D eigenvalue weighted by Gasteiger charge is 2.41. The van der Waals surface area contributed by atoms with E-state index in [4.69, 9.17) is 9.84 Å². The van der Waals surface area contributed by atoms with Gasteiger partial charge in [-0.25, -0.2) is 4.79 Å². The molecular weight excluding hydrogens is 306 g/mol. The maximum atomic E-state index is 12.4. The number of ether oxygens (including phenoxy) is 1. The standard InChI is InChI=1S/C14H17N3O6/c1-15-12(7-3-4-23-6-7)17-5-8(14(21)22)10(18)11(19)9(17)13(20)16(15)2/h5,7,12,19H,3-4,6H2,1-2H3,(H,21,22). The van der Waals surface area contributed by atoms with Gasteiger partial charge in [-0.15, -0.1) is 0 Å². The van der Waals surface area contributed by atoms with Gasteiger partial charge in [0.25, 0.3) is 5.91 Å². The largest absolute Gasteiger partial charge is 0.503 e. The summed E-state index contributed by atoms with van der Waals surface area (Å²) in [6.07, 6.45) is 1.43. The molecule has 2 aliphatic heterocycles. The summed E-state index contributed by atoms with van der Waals surface area (Å²) in [6.45, 7) is 1.02. The second-order valence-electron chi connectivity index (χ2n) is 5.72. The van der Waals surface area contributed by atoms with E-state index >= 15 is 0 Å². The number of carbonyl (C=O) groups is 2. The van der Waals surface area contributed by atoms with Crippen LogP contribution in [0.2, 0.25) is 0 Å². The summed E-state index contributed by atoms with van der Waals surface area (Å²) in [6, 6.07) is 0. The number of rotatable bonds is 2. The molecule has 2 unspecified atom stereocenters. The van der Waals surface area contributed by atoms with E-state index < -0.39 is 34.8 Å². The van der Waals surface area contributed by atoms with Crippen LogP contribution in [0.3, 0.4) is 0 Å². The average molecular weight is 323 g/mol. The number of aromatic hydroxyl groups is 1. The number of amides is 1. The lowest BCUT2D eigenvalue weighted by molar-refractivity contribution is -0.0650. The predicted molar refractivity (Wildman–Crippen MR) is 77.1 cm³/mol. The molecule has 1 saturated heterocycles. The summed E-state index contributed by atoms with van der Waals surface area (Å²) in [7, 11) is 3.23. The van der Waals surface area contributed by atoms with Crippen molar-refractivity contribution >= 4 is 11.9 Å². The fraction of sp³-hybridized carbons (Fsp3) is 0.500. The molecule has 0 radical (unpaired) electrons. The summed E-state index contributed by atoms with van der Waals surface area (Å²) in [5.41, 5.74) is -1.82. The Morgan fingerprint density at radius 3 is 2.61 bits per heavy atom. The molecule has 3 rings (SSSR count). The zero-order valence-electron chi connectivity index (χ0n) is 12.7. The van der Waals surface area contributed by atoms with Crippen LogP contribution in [0.5, 0.6) is 5.75 Å². The third-order valence-corrected chi connectivity index (χ3v) is 4.46. The van der Waals surface area contributed by atoms with Crippen molar-refractivity contribution < 1.29 is 24.5 Å². The molecule has 1 amide bonds. The third-order valence-electron chi connectivity index (χ3n) is 4.46. The first-order valence-corrected chi connectivity index (χ1v) is 7.14. The van der Waals surface area contributed by atoms with E-state index in [1.165, 1.54) is 16.6 Å². The maximum Gasteiger partial charge on any atom is 0.341 e. The minimum atomic E-state index is -1.45. The molecule has 0 spiro atoms. The number of carboxylic acids is 1. The number of pyridine rings is 1. The molecule has 2 N–H and O–H groups in total. The molecule has 0 aliphatic carbocycles.